The zero-order valence-corrected chi connectivity index (χ0v) is 5.04. The highest BCUT2D eigenvalue weighted by atomic mass is 19.1. The number of hydrogen-bond acceptors (Lipinski definition) is 2. The third-order valence-corrected chi connectivity index (χ3v) is 1.33. The Morgan fingerprint density at radius 3 is 3.10 bits per heavy atom. The second-order valence-electron chi connectivity index (χ2n) is 1.93. The summed E-state index contributed by atoms with van der Waals surface area (Å²) in [7, 11) is 0. The van der Waals surface area contributed by atoms with E-state index in [-0.39, 0.29) is 0 Å². The summed E-state index contributed by atoms with van der Waals surface area (Å²) in [6.45, 7) is 0. The van der Waals surface area contributed by atoms with Crippen molar-refractivity contribution in [3.05, 3.63) is 30.5 Å². The van der Waals surface area contributed by atoms with E-state index < -0.39 is 5.95 Å². The van der Waals surface area contributed by atoms with Crippen molar-refractivity contribution in [2.24, 2.45) is 0 Å². The van der Waals surface area contributed by atoms with Gasteiger partial charge in [-0.3, -0.25) is 0 Å². The van der Waals surface area contributed by atoms with Gasteiger partial charge in [0.1, 0.15) is 5.58 Å². The van der Waals surface area contributed by atoms with Gasteiger partial charge in [0.25, 0.3) is 0 Å². The van der Waals surface area contributed by atoms with Crippen LogP contribution in [0.15, 0.2) is 29.0 Å². The highest BCUT2D eigenvalue weighted by Crippen LogP contribution is 2.15. The molecule has 2 nitrogen and oxygen atoms in total. The molecule has 10 heavy (non-hydrogen) atoms. The maximum absolute atomic E-state index is 12.6. The molecule has 2 aromatic rings. The van der Waals surface area contributed by atoms with Crippen LogP contribution in [-0.4, -0.2) is 4.98 Å². The highest BCUT2D eigenvalue weighted by Gasteiger charge is 2.01. The Labute approximate surface area is 56.3 Å². The van der Waals surface area contributed by atoms with Crippen molar-refractivity contribution < 1.29 is 8.81 Å². The van der Waals surface area contributed by atoms with Crippen molar-refractivity contribution in [2.75, 3.05) is 0 Å². The van der Waals surface area contributed by atoms with Gasteiger partial charge in [0.15, 0.2) is 0 Å². The van der Waals surface area contributed by atoms with Gasteiger partial charge < -0.3 is 4.42 Å². The van der Waals surface area contributed by atoms with Crippen LogP contribution in [-0.2, 0) is 0 Å². The maximum atomic E-state index is 12.6. The molecule has 0 bridgehead atoms. The van der Waals surface area contributed by atoms with E-state index in [1.165, 1.54) is 12.5 Å². The van der Waals surface area contributed by atoms with Crippen LogP contribution in [0.2, 0.25) is 0 Å². The Morgan fingerprint density at radius 1 is 1.40 bits per heavy atom. The second-order valence-corrected chi connectivity index (χ2v) is 1.93. The molecule has 2 rings (SSSR count). The first-order valence-electron chi connectivity index (χ1n) is 2.85. The molecule has 0 atom stereocenters. The molecule has 0 N–H and O–H groups in total. The van der Waals surface area contributed by atoms with E-state index >= 15 is 0 Å². The molecule has 0 aromatic carbocycles. The van der Waals surface area contributed by atoms with Gasteiger partial charge in [0.2, 0.25) is 5.95 Å². The van der Waals surface area contributed by atoms with Crippen molar-refractivity contribution in [3.63, 3.8) is 0 Å². The lowest BCUT2D eigenvalue weighted by atomic mass is 10.3. The monoisotopic (exact) mass is 137 g/mol. The van der Waals surface area contributed by atoms with Crippen LogP contribution in [0.1, 0.15) is 0 Å². The summed E-state index contributed by atoms with van der Waals surface area (Å²) in [4.78, 5) is 3.45. The molecule has 0 amide bonds. The highest BCUT2D eigenvalue weighted by molar-refractivity contribution is 5.75. The molecule has 50 valence electrons. The van der Waals surface area contributed by atoms with Crippen LogP contribution in [0.4, 0.5) is 4.39 Å². The van der Waals surface area contributed by atoms with E-state index in [1.807, 2.05) is 0 Å². The minimum absolute atomic E-state index is 0.433. The van der Waals surface area contributed by atoms with Crippen LogP contribution in [0.5, 0.6) is 0 Å². The number of furan rings is 1. The zero-order valence-electron chi connectivity index (χ0n) is 5.04. The predicted octanol–water partition coefficient (Wildman–Crippen LogP) is 1.97. The SMILES string of the molecule is Fc1nccc2occc12. The predicted molar refractivity (Wildman–Crippen MR) is 34.0 cm³/mol. The van der Waals surface area contributed by atoms with E-state index in [1.54, 1.807) is 12.1 Å². The van der Waals surface area contributed by atoms with Crippen molar-refractivity contribution in [1.82, 2.24) is 4.98 Å². The molecule has 0 saturated heterocycles. The average Bonchev–Trinajstić information content (AvgIpc) is 2.36. The Kier molecular flexibility index (Phi) is 0.974. The molecular formula is C7H4FNO. The fraction of sp³-hybridized carbons (Fsp3) is 0. The number of aromatic nitrogens is 1. The minimum Gasteiger partial charge on any atom is -0.464 e. The molecule has 0 unspecified atom stereocenters. The topological polar surface area (TPSA) is 26.0 Å². The number of hydrogen-bond donors (Lipinski definition) is 0. The van der Waals surface area contributed by atoms with Crippen molar-refractivity contribution in [2.45, 2.75) is 0 Å². The summed E-state index contributed by atoms with van der Waals surface area (Å²) >= 11 is 0. The van der Waals surface area contributed by atoms with Gasteiger partial charge in [-0.2, -0.15) is 4.39 Å². The normalized spacial score (nSPS) is 10.5. The Balaban J connectivity index is 2.95. The summed E-state index contributed by atoms with van der Waals surface area (Å²) in [5.74, 6) is -0.480. The summed E-state index contributed by atoms with van der Waals surface area (Å²) in [6.07, 6.45) is 2.82. The van der Waals surface area contributed by atoms with E-state index in [0.717, 1.165) is 0 Å². The molecular weight excluding hydrogens is 133 g/mol. The van der Waals surface area contributed by atoms with Gasteiger partial charge in [-0.1, -0.05) is 0 Å². The molecule has 2 aromatic heterocycles. The summed E-state index contributed by atoms with van der Waals surface area (Å²) in [5.41, 5.74) is 0.535. The number of nitrogens with zero attached hydrogens (tertiary/aromatic N) is 1. The number of pyridine rings is 1. The third kappa shape index (κ3) is 0.603. The smallest absolute Gasteiger partial charge is 0.223 e. The molecule has 0 radical (unpaired) electrons. The van der Waals surface area contributed by atoms with Crippen LogP contribution >= 0.6 is 0 Å². The lowest BCUT2D eigenvalue weighted by Gasteiger charge is -1.86. The Bertz CT molecular complexity index is 355. The van der Waals surface area contributed by atoms with Gasteiger partial charge in [-0.15, -0.1) is 0 Å². The minimum atomic E-state index is -0.480. The number of fused-ring (bicyclic) bond motifs is 1. The van der Waals surface area contributed by atoms with Gasteiger partial charge in [0, 0.05) is 6.20 Å². The Morgan fingerprint density at radius 2 is 2.30 bits per heavy atom. The van der Waals surface area contributed by atoms with E-state index in [4.69, 9.17) is 4.42 Å². The first-order valence-corrected chi connectivity index (χ1v) is 2.85. The molecule has 2 heterocycles. The fourth-order valence-electron chi connectivity index (χ4n) is 0.860. The molecule has 0 saturated carbocycles. The van der Waals surface area contributed by atoms with Gasteiger partial charge in [-0.25, -0.2) is 4.98 Å². The Hall–Kier alpha value is -1.38. The van der Waals surface area contributed by atoms with Crippen molar-refractivity contribution in [1.29, 1.82) is 0 Å². The van der Waals surface area contributed by atoms with Crippen LogP contribution in [0.25, 0.3) is 11.0 Å². The molecule has 0 aliphatic carbocycles. The summed E-state index contributed by atoms with van der Waals surface area (Å²) in [6, 6.07) is 3.18. The standard InChI is InChI=1S/C7H4FNO/c8-7-5-2-4-10-6(5)1-3-9-7/h1-4H. The van der Waals surface area contributed by atoms with Gasteiger partial charge >= 0.3 is 0 Å². The van der Waals surface area contributed by atoms with Gasteiger partial charge in [-0.05, 0) is 12.1 Å². The largest absolute Gasteiger partial charge is 0.464 e. The van der Waals surface area contributed by atoms with Crippen molar-refractivity contribution in [3.8, 4) is 0 Å². The van der Waals surface area contributed by atoms with Crippen molar-refractivity contribution >= 4 is 11.0 Å². The van der Waals surface area contributed by atoms with E-state index in [9.17, 15) is 4.39 Å². The molecule has 0 spiro atoms. The number of halogens is 1. The molecule has 0 aliphatic rings. The van der Waals surface area contributed by atoms with Gasteiger partial charge in [0.05, 0.1) is 11.6 Å². The first kappa shape index (κ1) is 5.41. The molecule has 0 aliphatic heterocycles. The summed E-state index contributed by atoms with van der Waals surface area (Å²) < 4.78 is 17.6. The summed E-state index contributed by atoms with van der Waals surface area (Å²) in [5, 5.41) is 0.433. The number of rotatable bonds is 0. The first-order chi connectivity index (χ1) is 4.88. The van der Waals surface area contributed by atoms with Crippen LogP contribution < -0.4 is 0 Å². The van der Waals surface area contributed by atoms with Crippen LogP contribution in [0.3, 0.4) is 0 Å². The average molecular weight is 137 g/mol. The fourth-order valence-corrected chi connectivity index (χ4v) is 0.860. The quantitative estimate of drug-likeness (QED) is 0.519. The second kappa shape index (κ2) is 1.80. The van der Waals surface area contributed by atoms with Crippen LogP contribution in [0, 0.1) is 5.95 Å². The molecule has 0 fully saturated rings. The zero-order chi connectivity index (χ0) is 6.97. The maximum Gasteiger partial charge on any atom is 0.223 e. The third-order valence-electron chi connectivity index (χ3n) is 1.33. The lowest BCUT2D eigenvalue weighted by Crippen LogP contribution is -1.78. The van der Waals surface area contributed by atoms with E-state index in [2.05, 4.69) is 4.98 Å². The lowest BCUT2D eigenvalue weighted by molar-refractivity contribution is 0.588. The van der Waals surface area contributed by atoms with E-state index in [0.29, 0.717) is 11.0 Å². The molecule has 3 heteroatoms.